The maximum Gasteiger partial charge on any atom is 0.254 e. The van der Waals surface area contributed by atoms with Crippen LogP contribution in [0, 0.1) is 0 Å². The topological polar surface area (TPSA) is 58.4 Å². The monoisotopic (exact) mass is 431 g/mol. The van der Waals surface area contributed by atoms with Gasteiger partial charge in [-0.1, -0.05) is 30.3 Å². The Labute approximate surface area is 185 Å². The first-order valence-corrected chi connectivity index (χ1v) is 11.5. The fraction of sp³-hybridized carbons (Fsp3) is 0.280. The van der Waals surface area contributed by atoms with E-state index >= 15 is 0 Å². The molecular weight excluding hydrogens is 406 g/mol. The molecule has 5 nitrogen and oxygen atoms in total. The largest absolute Gasteiger partial charge is 0.467 e. The summed E-state index contributed by atoms with van der Waals surface area (Å²) in [6.45, 7) is 3.42. The Morgan fingerprint density at radius 1 is 1.19 bits per heavy atom. The van der Waals surface area contributed by atoms with Crippen LogP contribution in [0.2, 0.25) is 0 Å². The average molecular weight is 432 g/mol. The molecule has 3 heterocycles. The van der Waals surface area contributed by atoms with Gasteiger partial charge in [-0.2, -0.15) is 0 Å². The lowest BCUT2D eigenvalue weighted by atomic mass is 10.1. The number of benzene rings is 2. The SMILES string of the molecule is CC1Cc2ccccc2N1Cc1occc1C(=O)NCCCc1nc2ccccc2s1. The molecule has 0 fully saturated rings. The standard InChI is InChI=1S/C25H25N3O2S/c1-17-15-18-7-2-4-9-21(18)28(17)16-22-19(12-14-30-22)25(29)26-13-6-11-24-27-20-8-3-5-10-23(20)31-24/h2-5,7-10,12,14,17H,6,11,13,15-16H2,1H3,(H,26,29). The molecular formula is C25H25N3O2S. The highest BCUT2D eigenvalue weighted by molar-refractivity contribution is 7.18. The van der Waals surface area contributed by atoms with Crippen LogP contribution in [-0.2, 0) is 19.4 Å². The predicted molar refractivity (Wildman–Crippen MR) is 125 cm³/mol. The van der Waals surface area contributed by atoms with Crippen LogP contribution in [0.1, 0.15) is 40.0 Å². The summed E-state index contributed by atoms with van der Waals surface area (Å²) in [5, 5.41) is 4.16. The minimum absolute atomic E-state index is 0.0758. The van der Waals surface area contributed by atoms with Gasteiger partial charge in [-0.25, -0.2) is 4.98 Å². The first kappa shape index (κ1) is 19.8. The van der Waals surface area contributed by atoms with Crippen LogP contribution >= 0.6 is 11.3 Å². The van der Waals surface area contributed by atoms with Crippen LogP contribution in [0.5, 0.6) is 0 Å². The first-order valence-electron chi connectivity index (χ1n) is 10.7. The number of para-hydroxylation sites is 2. The second kappa shape index (κ2) is 8.55. The number of nitrogens with one attached hydrogen (secondary N) is 1. The van der Waals surface area contributed by atoms with E-state index in [1.807, 2.05) is 18.2 Å². The Morgan fingerprint density at radius 3 is 2.94 bits per heavy atom. The van der Waals surface area contributed by atoms with Crippen molar-refractivity contribution in [3.05, 3.63) is 82.8 Å². The average Bonchev–Trinajstić information content (AvgIpc) is 3.48. The maximum absolute atomic E-state index is 12.8. The molecule has 6 heteroatoms. The number of fused-ring (bicyclic) bond motifs is 2. The fourth-order valence-electron chi connectivity index (χ4n) is 4.25. The quantitative estimate of drug-likeness (QED) is 0.409. The molecule has 0 saturated carbocycles. The zero-order chi connectivity index (χ0) is 21.2. The Hall–Kier alpha value is -3.12. The molecule has 0 spiro atoms. The number of aromatic nitrogens is 1. The van der Waals surface area contributed by atoms with Gasteiger partial charge in [-0.3, -0.25) is 4.79 Å². The lowest BCUT2D eigenvalue weighted by Gasteiger charge is -2.24. The molecule has 4 aromatic rings. The van der Waals surface area contributed by atoms with Crippen molar-refractivity contribution in [2.45, 2.75) is 38.8 Å². The Bertz CT molecular complexity index is 1180. The van der Waals surface area contributed by atoms with Crippen LogP contribution in [0.15, 0.2) is 65.3 Å². The van der Waals surface area contributed by atoms with E-state index in [4.69, 9.17) is 4.42 Å². The number of carbonyl (C=O) groups excluding carboxylic acids is 1. The van der Waals surface area contributed by atoms with Crippen molar-refractivity contribution in [3.63, 3.8) is 0 Å². The van der Waals surface area contributed by atoms with Crippen molar-refractivity contribution in [1.29, 1.82) is 0 Å². The third-order valence-corrected chi connectivity index (χ3v) is 6.94. The summed E-state index contributed by atoms with van der Waals surface area (Å²) in [7, 11) is 0. The molecule has 2 aromatic carbocycles. The van der Waals surface area contributed by atoms with Crippen LogP contribution in [-0.4, -0.2) is 23.5 Å². The number of hydrogen-bond donors (Lipinski definition) is 1. The summed E-state index contributed by atoms with van der Waals surface area (Å²) in [5.41, 5.74) is 4.25. The van der Waals surface area contributed by atoms with Gasteiger partial charge >= 0.3 is 0 Å². The minimum Gasteiger partial charge on any atom is -0.467 e. The van der Waals surface area contributed by atoms with Crippen molar-refractivity contribution in [1.82, 2.24) is 10.3 Å². The smallest absolute Gasteiger partial charge is 0.254 e. The first-order chi connectivity index (χ1) is 15.2. The lowest BCUT2D eigenvalue weighted by molar-refractivity contribution is 0.0951. The summed E-state index contributed by atoms with van der Waals surface area (Å²) >= 11 is 1.72. The third-order valence-electron chi connectivity index (χ3n) is 5.84. The molecule has 31 heavy (non-hydrogen) atoms. The summed E-state index contributed by atoms with van der Waals surface area (Å²) in [5.74, 6) is 0.639. The lowest BCUT2D eigenvalue weighted by Crippen LogP contribution is -2.30. The van der Waals surface area contributed by atoms with Gasteiger partial charge in [0.25, 0.3) is 5.91 Å². The number of anilines is 1. The van der Waals surface area contributed by atoms with Crippen molar-refractivity contribution in [2.75, 3.05) is 11.4 Å². The highest BCUT2D eigenvalue weighted by Gasteiger charge is 2.27. The van der Waals surface area contributed by atoms with E-state index in [0.29, 0.717) is 30.5 Å². The molecule has 0 saturated heterocycles. The van der Waals surface area contributed by atoms with Gasteiger partial charge in [0.05, 0.1) is 33.6 Å². The minimum atomic E-state index is -0.0758. The second-order valence-electron chi connectivity index (χ2n) is 8.00. The molecule has 5 rings (SSSR count). The second-order valence-corrected chi connectivity index (χ2v) is 9.12. The van der Waals surface area contributed by atoms with E-state index in [1.165, 1.54) is 16.0 Å². The highest BCUT2D eigenvalue weighted by Crippen LogP contribution is 2.33. The van der Waals surface area contributed by atoms with Gasteiger partial charge in [0.15, 0.2) is 0 Å². The number of aryl methyl sites for hydroxylation is 1. The number of nitrogens with zero attached hydrogens (tertiary/aromatic N) is 2. The molecule has 2 aromatic heterocycles. The van der Waals surface area contributed by atoms with E-state index in [0.717, 1.165) is 29.8 Å². The number of hydrogen-bond acceptors (Lipinski definition) is 5. The molecule has 1 unspecified atom stereocenters. The molecule has 0 bridgehead atoms. The van der Waals surface area contributed by atoms with Gasteiger partial charge in [0.2, 0.25) is 0 Å². The number of carbonyl (C=O) groups is 1. The molecule has 1 aliphatic heterocycles. The van der Waals surface area contributed by atoms with Crippen LogP contribution < -0.4 is 10.2 Å². The summed E-state index contributed by atoms with van der Waals surface area (Å²) in [6, 6.07) is 18.8. The summed E-state index contributed by atoms with van der Waals surface area (Å²) in [6.07, 6.45) is 4.34. The van der Waals surface area contributed by atoms with Gasteiger partial charge < -0.3 is 14.6 Å². The van der Waals surface area contributed by atoms with E-state index in [2.05, 4.69) is 52.5 Å². The summed E-state index contributed by atoms with van der Waals surface area (Å²) in [4.78, 5) is 19.8. The van der Waals surface area contributed by atoms with Gasteiger partial charge in [-0.05, 0) is 49.6 Å². The molecule has 1 amide bonds. The molecule has 1 atom stereocenters. The summed E-state index contributed by atoms with van der Waals surface area (Å²) < 4.78 is 6.92. The predicted octanol–water partition coefficient (Wildman–Crippen LogP) is 5.20. The van der Waals surface area contributed by atoms with Crippen molar-refractivity contribution in [3.8, 4) is 0 Å². The molecule has 1 N–H and O–H groups in total. The van der Waals surface area contributed by atoms with E-state index in [1.54, 1.807) is 23.7 Å². The fourth-order valence-corrected chi connectivity index (χ4v) is 5.26. The number of amides is 1. The molecule has 0 aliphatic carbocycles. The van der Waals surface area contributed by atoms with Crippen LogP contribution in [0.3, 0.4) is 0 Å². The van der Waals surface area contributed by atoms with Crippen LogP contribution in [0.4, 0.5) is 5.69 Å². The molecule has 0 radical (unpaired) electrons. The molecule has 1 aliphatic rings. The van der Waals surface area contributed by atoms with Crippen molar-refractivity contribution < 1.29 is 9.21 Å². The van der Waals surface area contributed by atoms with Gasteiger partial charge in [-0.15, -0.1) is 11.3 Å². The highest BCUT2D eigenvalue weighted by atomic mass is 32.1. The van der Waals surface area contributed by atoms with Crippen molar-refractivity contribution >= 4 is 33.1 Å². The Balaban J connectivity index is 1.18. The number of thiazole rings is 1. The zero-order valence-electron chi connectivity index (χ0n) is 17.5. The number of furan rings is 1. The Kier molecular flexibility index (Phi) is 5.47. The maximum atomic E-state index is 12.8. The van der Waals surface area contributed by atoms with E-state index in [-0.39, 0.29) is 5.91 Å². The van der Waals surface area contributed by atoms with Gasteiger partial charge in [0, 0.05) is 24.7 Å². The van der Waals surface area contributed by atoms with E-state index < -0.39 is 0 Å². The van der Waals surface area contributed by atoms with Gasteiger partial charge in [0.1, 0.15) is 5.76 Å². The van der Waals surface area contributed by atoms with E-state index in [9.17, 15) is 4.79 Å². The number of rotatable bonds is 7. The Morgan fingerprint density at radius 2 is 2.03 bits per heavy atom. The van der Waals surface area contributed by atoms with Crippen molar-refractivity contribution in [2.24, 2.45) is 0 Å². The zero-order valence-corrected chi connectivity index (χ0v) is 18.3. The normalized spacial score (nSPS) is 15.4. The van der Waals surface area contributed by atoms with Crippen LogP contribution in [0.25, 0.3) is 10.2 Å². The molecule has 158 valence electrons. The third kappa shape index (κ3) is 4.08.